The first kappa shape index (κ1) is 21.1. The minimum absolute atomic E-state index is 0.0820. The average Bonchev–Trinajstić information content (AvgIpc) is 2.89. The molecule has 0 unspecified atom stereocenters. The van der Waals surface area contributed by atoms with E-state index in [0.29, 0.717) is 17.3 Å². The van der Waals surface area contributed by atoms with E-state index in [4.69, 9.17) is 0 Å². The molecule has 1 aliphatic heterocycles. The van der Waals surface area contributed by atoms with Crippen molar-refractivity contribution in [3.8, 4) is 0 Å². The molecule has 0 atom stereocenters. The van der Waals surface area contributed by atoms with E-state index in [2.05, 4.69) is 21.2 Å². The highest BCUT2D eigenvalue weighted by atomic mass is 79.9. The summed E-state index contributed by atoms with van der Waals surface area (Å²) < 4.78 is 39.1. The summed E-state index contributed by atoms with van der Waals surface area (Å²) in [7, 11) is 0. The van der Waals surface area contributed by atoms with E-state index < -0.39 is 35.3 Å². The van der Waals surface area contributed by atoms with Crippen LogP contribution < -0.4 is 5.32 Å². The quantitative estimate of drug-likeness (QED) is 0.609. The van der Waals surface area contributed by atoms with Crippen LogP contribution in [-0.4, -0.2) is 28.5 Å². The van der Waals surface area contributed by atoms with Crippen molar-refractivity contribution < 1.29 is 27.6 Å². The molecular weight excluding hydrogens is 473 g/mol. The zero-order valence-corrected chi connectivity index (χ0v) is 16.9. The number of carbonyl (C=O) groups is 3. The van der Waals surface area contributed by atoms with Crippen molar-refractivity contribution in [3.05, 3.63) is 69.0 Å². The number of amides is 3. The lowest BCUT2D eigenvalue weighted by molar-refractivity contribution is -0.137. The summed E-state index contributed by atoms with van der Waals surface area (Å²) in [6, 6.07) is 11.2. The molecule has 10 heteroatoms. The van der Waals surface area contributed by atoms with Gasteiger partial charge >= 0.3 is 6.18 Å². The van der Waals surface area contributed by atoms with Crippen molar-refractivity contribution in [1.29, 1.82) is 0 Å². The van der Waals surface area contributed by atoms with Gasteiger partial charge in [-0.3, -0.25) is 19.3 Å². The average molecular weight is 485 g/mol. The van der Waals surface area contributed by atoms with Crippen LogP contribution in [0.5, 0.6) is 0 Å². The van der Waals surface area contributed by atoms with Crippen LogP contribution in [0.2, 0.25) is 0 Å². The minimum atomic E-state index is -4.55. The molecule has 2 aromatic carbocycles. The lowest BCUT2D eigenvalue weighted by atomic mass is 10.2. The van der Waals surface area contributed by atoms with Gasteiger partial charge in [-0.15, -0.1) is 0 Å². The maximum Gasteiger partial charge on any atom is 0.416 e. The number of nitrogens with zero attached hydrogens (tertiary/aromatic N) is 1. The molecule has 5 nitrogen and oxygen atoms in total. The van der Waals surface area contributed by atoms with E-state index in [9.17, 15) is 27.6 Å². The topological polar surface area (TPSA) is 66.5 Å². The number of hydrogen-bond acceptors (Lipinski definition) is 4. The second-order valence-electron chi connectivity index (χ2n) is 5.95. The Morgan fingerprint density at radius 3 is 2.55 bits per heavy atom. The molecule has 150 valence electrons. The largest absolute Gasteiger partial charge is 0.416 e. The Bertz CT molecular complexity index is 1020. The fourth-order valence-electron chi connectivity index (χ4n) is 2.50. The van der Waals surface area contributed by atoms with E-state index in [0.717, 1.165) is 27.6 Å². The van der Waals surface area contributed by atoms with Crippen LogP contribution in [0.3, 0.4) is 0 Å². The molecule has 3 rings (SSSR count). The molecule has 0 spiro atoms. The molecule has 0 saturated carbocycles. The van der Waals surface area contributed by atoms with Crippen molar-refractivity contribution in [2.75, 3.05) is 11.9 Å². The first-order chi connectivity index (χ1) is 13.6. The van der Waals surface area contributed by atoms with E-state index in [1.165, 1.54) is 12.1 Å². The van der Waals surface area contributed by atoms with Gasteiger partial charge in [0, 0.05) is 10.2 Å². The molecule has 0 aromatic heterocycles. The lowest BCUT2D eigenvalue weighted by Gasteiger charge is -2.13. The predicted molar refractivity (Wildman–Crippen MR) is 107 cm³/mol. The maximum atomic E-state index is 12.8. The van der Waals surface area contributed by atoms with Gasteiger partial charge in [-0.05, 0) is 53.7 Å². The van der Waals surface area contributed by atoms with Gasteiger partial charge < -0.3 is 5.32 Å². The van der Waals surface area contributed by atoms with E-state index >= 15 is 0 Å². The minimum Gasteiger partial charge on any atom is -0.325 e. The van der Waals surface area contributed by atoms with Crippen LogP contribution in [0.4, 0.5) is 23.7 Å². The number of benzene rings is 2. The number of imide groups is 1. The van der Waals surface area contributed by atoms with E-state index in [1.54, 1.807) is 24.3 Å². The molecule has 1 saturated heterocycles. The number of carbonyl (C=O) groups excluding carboxylic acids is 3. The molecular formula is C19H12BrF3N2O3S. The third kappa shape index (κ3) is 5.27. The number of hydrogen-bond donors (Lipinski definition) is 1. The molecule has 1 fully saturated rings. The van der Waals surface area contributed by atoms with Crippen LogP contribution in [0.1, 0.15) is 11.1 Å². The number of thioether (sulfide) groups is 1. The highest BCUT2D eigenvalue weighted by Gasteiger charge is 2.36. The standard InChI is InChI=1S/C19H12BrF3N2O3S/c20-13-5-1-3-11(7-13)8-15-17(27)25(18(28)29-15)10-16(26)24-14-6-2-4-12(9-14)19(21,22)23/h1-9H,10H2,(H,24,26)/b15-8-. The molecule has 2 aromatic rings. The maximum absolute atomic E-state index is 12.8. The molecule has 1 heterocycles. The normalized spacial score (nSPS) is 15.9. The Morgan fingerprint density at radius 2 is 1.86 bits per heavy atom. The highest BCUT2D eigenvalue weighted by Crippen LogP contribution is 2.33. The fraction of sp³-hybridized carbons (Fsp3) is 0.105. The number of alkyl halides is 3. The monoisotopic (exact) mass is 484 g/mol. The predicted octanol–water partition coefficient (Wildman–Crippen LogP) is 5.14. The summed E-state index contributed by atoms with van der Waals surface area (Å²) >= 11 is 4.00. The van der Waals surface area contributed by atoms with Crippen LogP contribution in [0, 0.1) is 0 Å². The van der Waals surface area contributed by atoms with Gasteiger partial charge in [0.1, 0.15) is 6.54 Å². The molecule has 3 amide bonds. The first-order valence-electron chi connectivity index (χ1n) is 8.11. The SMILES string of the molecule is O=C(CN1C(=O)S/C(=C\c2cccc(Br)c2)C1=O)Nc1cccc(C(F)(F)F)c1. The Morgan fingerprint density at radius 1 is 1.14 bits per heavy atom. The van der Waals surface area contributed by atoms with Crippen molar-refractivity contribution >= 4 is 56.5 Å². The number of halogens is 4. The fourth-order valence-corrected chi connectivity index (χ4v) is 3.76. The van der Waals surface area contributed by atoms with Crippen molar-refractivity contribution in [2.24, 2.45) is 0 Å². The summed E-state index contributed by atoms with van der Waals surface area (Å²) in [5.74, 6) is -1.42. The third-order valence-corrected chi connectivity index (χ3v) is 5.20. The van der Waals surface area contributed by atoms with Crippen molar-refractivity contribution in [2.45, 2.75) is 6.18 Å². The Labute approximate surface area is 176 Å². The zero-order valence-electron chi connectivity index (χ0n) is 14.5. The first-order valence-corrected chi connectivity index (χ1v) is 9.72. The van der Waals surface area contributed by atoms with Gasteiger partial charge in [0.25, 0.3) is 11.1 Å². The highest BCUT2D eigenvalue weighted by molar-refractivity contribution is 9.10. The molecule has 1 aliphatic rings. The molecule has 29 heavy (non-hydrogen) atoms. The van der Waals surface area contributed by atoms with E-state index in [-0.39, 0.29) is 10.6 Å². The lowest BCUT2D eigenvalue weighted by Crippen LogP contribution is -2.36. The molecule has 0 bridgehead atoms. The second-order valence-corrected chi connectivity index (χ2v) is 7.86. The number of nitrogens with one attached hydrogen (secondary N) is 1. The summed E-state index contributed by atoms with van der Waals surface area (Å²) in [4.78, 5) is 37.6. The smallest absolute Gasteiger partial charge is 0.325 e. The van der Waals surface area contributed by atoms with E-state index in [1.807, 2.05) is 0 Å². The van der Waals surface area contributed by atoms with Crippen molar-refractivity contribution in [3.63, 3.8) is 0 Å². The summed E-state index contributed by atoms with van der Waals surface area (Å²) in [5.41, 5.74) is -0.307. The number of anilines is 1. The summed E-state index contributed by atoms with van der Waals surface area (Å²) in [5, 5.41) is 1.65. The van der Waals surface area contributed by atoms with Crippen LogP contribution in [0.25, 0.3) is 6.08 Å². The van der Waals surface area contributed by atoms with Crippen LogP contribution in [-0.2, 0) is 15.8 Å². The summed E-state index contributed by atoms with van der Waals surface area (Å²) in [6.45, 7) is -0.600. The molecule has 1 N–H and O–H groups in total. The number of rotatable bonds is 4. The molecule has 0 aliphatic carbocycles. The Kier molecular flexibility index (Phi) is 6.13. The van der Waals surface area contributed by atoms with Gasteiger partial charge in [-0.25, -0.2) is 0 Å². The zero-order chi connectivity index (χ0) is 21.2. The second kappa shape index (κ2) is 8.42. The third-order valence-electron chi connectivity index (χ3n) is 3.80. The van der Waals surface area contributed by atoms with Crippen LogP contribution in [0.15, 0.2) is 57.9 Å². The Balaban J connectivity index is 1.69. The summed E-state index contributed by atoms with van der Waals surface area (Å²) in [6.07, 6.45) is -3.02. The van der Waals surface area contributed by atoms with Gasteiger partial charge in [0.05, 0.1) is 10.5 Å². The van der Waals surface area contributed by atoms with Gasteiger partial charge in [-0.2, -0.15) is 13.2 Å². The van der Waals surface area contributed by atoms with Gasteiger partial charge in [0.15, 0.2) is 0 Å². The molecule has 0 radical (unpaired) electrons. The van der Waals surface area contributed by atoms with Gasteiger partial charge in [0.2, 0.25) is 5.91 Å². The van der Waals surface area contributed by atoms with Crippen LogP contribution >= 0.6 is 27.7 Å². The van der Waals surface area contributed by atoms with Gasteiger partial charge in [-0.1, -0.05) is 34.1 Å². The van der Waals surface area contributed by atoms with Crippen molar-refractivity contribution in [1.82, 2.24) is 4.90 Å². The Hall–Kier alpha value is -2.59.